The number of aromatic nitrogens is 3. The minimum atomic E-state index is -3.91. The fourth-order valence-corrected chi connectivity index (χ4v) is 6.11. The molecule has 0 unspecified atom stereocenters. The molecule has 0 saturated heterocycles. The third kappa shape index (κ3) is 4.51. The van der Waals surface area contributed by atoms with Crippen LogP contribution in [-0.4, -0.2) is 22.3 Å². The summed E-state index contributed by atoms with van der Waals surface area (Å²) in [5.74, 6) is -1.11. The predicted molar refractivity (Wildman–Crippen MR) is 138 cm³/mol. The van der Waals surface area contributed by atoms with Crippen molar-refractivity contribution < 1.29 is 17.2 Å². The molecule has 6 rings (SSSR count). The fraction of sp³-hybridized carbons (Fsp3) is 0.115. The van der Waals surface area contributed by atoms with Crippen LogP contribution in [0.25, 0.3) is 27.7 Å². The summed E-state index contributed by atoms with van der Waals surface area (Å²) in [5, 5.41) is 0.704. The van der Waals surface area contributed by atoms with Crippen molar-refractivity contribution in [1.82, 2.24) is 13.9 Å². The van der Waals surface area contributed by atoms with Crippen LogP contribution in [0.15, 0.2) is 82.7 Å². The summed E-state index contributed by atoms with van der Waals surface area (Å²) in [6, 6.07) is 16.2. The lowest BCUT2D eigenvalue weighted by atomic mass is 9.98. The Morgan fingerprint density at radius 1 is 0.919 bits per heavy atom. The number of hydrogen-bond acceptors (Lipinski definition) is 6. The maximum Gasteiger partial charge on any atom is 0.263 e. The molecule has 11 heteroatoms. The van der Waals surface area contributed by atoms with Crippen LogP contribution >= 0.6 is 11.5 Å². The van der Waals surface area contributed by atoms with Crippen molar-refractivity contribution in [3.05, 3.63) is 101 Å². The lowest BCUT2D eigenvalue weighted by molar-refractivity contribution is 0.584. The minimum absolute atomic E-state index is 0.0197. The first-order chi connectivity index (χ1) is 17.8. The zero-order valence-corrected chi connectivity index (χ0v) is 20.7. The molecule has 5 aromatic rings. The van der Waals surface area contributed by atoms with Gasteiger partial charge in [-0.3, -0.25) is 14.1 Å². The van der Waals surface area contributed by atoms with Crippen molar-refractivity contribution in [3.8, 4) is 16.8 Å². The molecular weight excluding hydrogens is 518 g/mol. The van der Waals surface area contributed by atoms with E-state index in [1.54, 1.807) is 28.8 Å². The molecule has 7 nitrogen and oxygen atoms in total. The number of halogens is 2. The quantitative estimate of drug-likeness (QED) is 0.311. The summed E-state index contributed by atoms with van der Waals surface area (Å²) in [7, 11) is -3.91. The summed E-state index contributed by atoms with van der Waals surface area (Å²) in [4.78, 5) is 17.0. The van der Waals surface area contributed by atoms with Crippen molar-refractivity contribution >= 4 is 37.6 Å². The van der Waals surface area contributed by atoms with Gasteiger partial charge in [0.25, 0.3) is 15.6 Å². The van der Waals surface area contributed by atoms with Crippen molar-refractivity contribution in [2.24, 2.45) is 0 Å². The molecule has 0 amide bonds. The molecule has 0 spiro atoms. The maximum atomic E-state index is 13.8. The number of pyridine rings is 1. The van der Waals surface area contributed by atoms with Gasteiger partial charge in [0.2, 0.25) is 5.13 Å². The van der Waals surface area contributed by atoms with Crippen molar-refractivity contribution in [3.63, 3.8) is 0 Å². The molecule has 2 aromatic heterocycles. The molecule has 0 bridgehead atoms. The van der Waals surface area contributed by atoms with E-state index in [-0.39, 0.29) is 21.5 Å². The third-order valence-electron chi connectivity index (χ3n) is 6.24. The maximum absolute atomic E-state index is 13.8. The summed E-state index contributed by atoms with van der Waals surface area (Å²) < 4.78 is 61.1. The number of anilines is 1. The van der Waals surface area contributed by atoms with E-state index in [1.807, 2.05) is 6.07 Å². The smallest absolute Gasteiger partial charge is 0.263 e. The SMILES string of the molecule is O=c1ccc2cc(S(=O)(=O)Nc3ncns3)ccc2n1-c1ccc(-c2cc(F)cc(F)c2)cc1C1CC1. The van der Waals surface area contributed by atoms with Gasteiger partial charge >= 0.3 is 0 Å². The van der Waals surface area contributed by atoms with Crippen LogP contribution in [0.4, 0.5) is 13.9 Å². The van der Waals surface area contributed by atoms with E-state index < -0.39 is 21.7 Å². The molecule has 1 aliphatic rings. The Morgan fingerprint density at radius 3 is 2.41 bits per heavy atom. The van der Waals surface area contributed by atoms with Gasteiger partial charge in [-0.1, -0.05) is 6.07 Å². The largest absolute Gasteiger partial charge is 0.277 e. The van der Waals surface area contributed by atoms with Crippen molar-refractivity contribution in [2.75, 3.05) is 4.72 Å². The Labute approximate surface area is 214 Å². The second kappa shape index (κ2) is 8.86. The second-order valence-corrected chi connectivity index (χ2v) is 11.2. The van der Waals surface area contributed by atoms with E-state index in [0.717, 1.165) is 36.0 Å². The molecule has 1 fully saturated rings. The van der Waals surface area contributed by atoms with Crippen LogP contribution in [0.2, 0.25) is 0 Å². The Hall–Kier alpha value is -3.96. The Kier molecular flexibility index (Phi) is 5.61. The number of benzene rings is 3. The highest BCUT2D eigenvalue weighted by atomic mass is 32.2. The first-order valence-electron chi connectivity index (χ1n) is 11.3. The van der Waals surface area contributed by atoms with E-state index in [4.69, 9.17) is 0 Å². The van der Waals surface area contributed by atoms with Crippen molar-refractivity contribution in [1.29, 1.82) is 0 Å². The second-order valence-electron chi connectivity index (χ2n) is 8.79. The number of rotatable bonds is 6. The summed E-state index contributed by atoms with van der Waals surface area (Å²) in [6.45, 7) is 0. The van der Waals surface area contributed by atoms with Gasteiger partial charge < -0.3 is 0 Å². The molecule has 0 radical (unpaired) electrons. The van der Waals surface area contributed by atoms with E-state index in [2.05, 4.69) is 14.1 Å². The number of fused-ring (bicyclic) bond motifs is 1. The molecule has 1 saturated carbocycles. The molecular formula is C26H18F2N4O3S2. The molecule has 0 aliphatic heterocycles. The van der Waals surface area contributed by atoms with E-state index in [1.165, 1.54) is 36.7 Å². The molecule has 37 heavy (non-hydrogen) atoms. The highest BCUT2D eigenvalue weighted by Gasteiger charge is 2.28. The fourth-order valence-electron chi connectivity index (χ4n) is 4.41. The number of nitrogens with one attached hydrogen (secondary N) is 1. The molecule has 0 atom stereocenters. The Bertz CT molecular complexity index is 1810. The highest BCUT2D eigenvalue weighted by molar-refractivity contribution is 7.93. The zero-order valence-electron chi connectivity index (χ0n) is 19.1. The van der Waals surface area contributed by atoms with Gasteiger partial charge in [0.05, 0.1) is 16.1 Å². The monoisotopic (exact) mass is 536 g/mol. The van der Waals surface area contributed by atoms with Crippen LogP contribution in [0.1, 0.15) is 24.3 Å². The lowest BCUT2D eigenvalue weighted by Gasteiger charge is -2.17. The van der Waals surface area contributed by atoms with Gasteiger partial charge in [0.15, 0.2) is 0 Å². The highest BCUT2D eigenvalue weighted by Crippen LogP contribution is 2.44. The van der Waals surface area contributed by atoms with Crippen LogP contribution in [0.5, 0.6) is 0 Å². The number of nitrogens with zero attached hydrogens (tertiary/aromatic N) is 3. The van der Waals surface area contributed by atoms with Crippen LogP contribution < -0.4 is 10.3 Å². The first-order valence-corrected chi connectivity index (χ1v) is 13.6. The van der Waals surface area contributed by atoms with Gasteiger partial charge in [0.1, 0.15) is 18.0 Å². The van der Waals surface area contributed by atoms with E-state index >= 15 is 0 Å². The zero-order chi connectivity index (χ0) is 25.7. The minimum Gasteiger partial charge on any atom is -0.277 e. The molecule has 1 aliphatic carbocycles. The van der Waals surface area contributed by atoms with Gasteiger partial charge in [-0.25, -0.2) is 22.2 Å². The van der Waals surface area contributed by atoms with Crippen LogP contribution in [-0.2, 0) is 10.0 Å². The standard InChI is InChI=1S/C26H18F2N4O3S2/c27-19-9-18(10-20(28)13-19)16-3-6-24(22(12-16)15-1-2-15)32-23-7-5-21(11-17(23)4-8-25(32)33)37(34,35)31-26-29-14-30-36-26/h3-15H,1-2H2,(H,29,30,31). The average Bonchev–Trinajstić information content (AvgIpc) is 3.59. The van der Waals surface area contributed by atoms with E-state index in [0.29, 0.717) is 27.7 Å². The summed E-state index contributed by atoms with van der Waals surface area (Å²) >= 11 is 0.923. The number of sulfonamides is 1. The van der Waals surface area contributed by atoms with Crippen LogP contribution in [0.3, 0.4) is 0 Å². The molecule has 3 aromatic carbocycles. The van der Waals surface area contributed by atoms with Gasteiger partial charge in [0, 0.05) is 29.1 Å². The Morgan fingerprint density at radius 2 is 1.70 bits per heavy atom. The predicted octanol–water partition coefficient (Wildman–Crippen LogP) is 5.47. The topological polar surface area (TPSA) is 93.9 Å². The molecule has 1 N–H and O–H groups in total. The van der Waals surface area contributed by atoms with Gasteiger partial charge in [-0.2, -0.15) is 4.37 Å². The average molecular weight is 537 g/mol. The van der Waals surface area contributed by atoms with Crippen molar-refractivity contribution in [2.45, 2.75) is 23.7 Å². The van der Waals surface area contributed by atoms with Gasteiger partial charge in [-0.05, 0) is 84.0 Å². The third-order valence-corrected chi connectivity index (χ3v) is 8.29. The normalized spacial score (nSPS) is 13.7. The first kappa shape index (κ1) is 23.4. The Balaban J connectivity index is 1.47. The number of hydrogen-bond donors (Lipinski definition) is 1. The van der Waals surface area contributed by atoms with Gasteiger partial charge in [-0.15, -0.1) is 0 Å². The summed E-state index contributed by atoms with van der Waals surface area (Å²) in [6.07, 6.45) is 3.13. The molecule has 2 heterocycles. The van der Waals surface area contributed by atoms with Crippen LogP contribution in [0, 0.1) is 11.6 Å². The summed E-state index contributed by atoms with van der Waals surface area (Å²) in [5.41, 5.74) is 2.87. The lowest BCUT2D eigenvalue weighted by Crippen LogP contribution is -2.19. The van der Waals surface area contributed by atoms with E-state index in [9.17, 15) is 22.0 Å². The molecule has 186 valence electrons.